The van der Waals surface area contributed by atoms with Gasteiger partial charge in [0.05, 0.1) is 0 Å². The lowest BCUT2D eigenvalue weighted by Crippen LogP contribution is -2.22. The smallest absolute Gasteiger partial charge is 0.137 e. The third kappa shape index (κ3) is 2.57. The number of nitrogens with one attached hydrogen (secondary N) is 1. The zero-order valence-corrected chi connectivity index (χ0v) is 12.0. The normalized spacial score (nSPS) is 15.5. The first-order chi connectivity index (χ1) is 8.63. The summed E-state index contributed by atoms with van der Waals surface area (Å²) in [5.41, 5.74) is 1.18. The molecule has 4 nitrogen and oxygen atoms in total. The van der Waals surface area contributed by atoms with Crippen molar-refractivity contribution in [2.24, 2.45) is 0 Å². The highest BCUT2D eigenvalue weighted by Gasteiger charge is 2.20. The lowest BCUT2D eigenvalue weighted by molar-refractivity contribution is 0.762. The highest BCUT2D eigenvalue weighted by atomic mass is 15.2. The van der Waals surface area contributed by atoms with Gasteiger partial charge in [-0.1, -0.05) is 13.8 Å². The molecular formula is C14H24N4. The van der Waals surface area contributed by atoms with Crippen molar-refractivity contribution in [2.75, 3.05) is 29.9 Å². The van der Waals surface area contributed by atoms with Gasteiger partial charge in [0, 0.05) is 31.1 Å². The average Bonchev–Trinajstić information content (AvgIpc) is 2.85. The summed E-state index contributed by atoms with van der Waals surface area (Å²) < 4.78 is 0. The molecule has 1 aliphatic rings. The van der Waals surface area contributed by atoms with Crippen LogP contribution in [0.25, 0.3) is 0 Å². The third-order valence-corrected chi connectivity index (χ3v) is 3.40. The van der Waals surface area contributed by atoms with Gasteiger partial charge in [-0.25, -0.2) is 9.97 Å². The number of anilines is 2. The summed E-state index contributed by atoms with van der Waals surface area (Å²) >= 11 is 0. The maximum Gasteiger partial charge on any atom is 0.137 e. The summed E-state index contributed by atoms with van der Waals surface area (Å²) in [7, 11) is 0. The lowest BCUT2D eigenvalue weighted by atomic mass is 10.2. The van der Waals surface area contributed by atoms with E-state index >= 15 is 0 Å². The first-order valence-electron chi connectivity index (χ1n) is 7.00. The van der Waals surface area contributed by atoms with Crippen molar-refractivity contribution in [2.45, 2.75) is 46.5 Å². The summed E-state index contributed by atoms with van der Waals surface area (Å²) in [6.07, 6.45) is 2.55. The maximum atomic E-state index is 4.77. The molecule has 0 spiro atoms. The van der Waals surface area contributed by atoms with Gasteiger partial charge in [0.1, 0.15) is 17.5 Å². The van der Waals surface area contributed by atoms with Crippen molar-refractivity contribution in [1.29, 1.82) is 0 Å². The van der Waals surface area contributed by atoms with Crippen LogP contribution in [0.2, 0.25) is 0 Å². The minimum atomic E-state index is 0.365. The van der Waals surface area contributed by atoms with E-state index in [1.54, 1.807) is 0 Å². The van der Waals surface area contributed by atoms with Gasteiger partial charge in [0.25, 0.3) is 0 Å². The van der Waals surface area contributed by atoms with Crippen molar-refractivity contribution < 1.29 is 0 Å². The second-order valence-electron chi connectivity index (χ2n) is 5.26. The first kappa shape index (κ1) is 13.1. The van der Waals surface area contributed by atoms with E-state index in [4.69, 9.17) is 4.98 Å². The fourth-order valence-corrected chi connectivity index (χ4v) is 2.36. The molecule has 0 unspecified atom stereocenters. The molecule has 18 heavy (non-hydrogen) atoms. The van der Waals surface area contributed by atoms with Crippen LogP contribution in [0.3, 0.4) is 0 Å². The Balaban J connectivity index is 2.41. The lowest BCUT2D eigenvalue weighted by Gasteiger charge is -2.22. The van der Waals surface area contributed by atoms with E-state index < -0.39 is 0 Å². The molecule has 0 bridgehead atoms. The van der Waals surface area contributed by atoms with E-state index in [0.29, 0.717) is 5.92 Å². The van der Waals surface area contributed by atoms with Crippen molar-refractivity contribution in [3.05, 3.63) is 11.4 Å². The predicted molar refractivity (Wildman–Crippen MR) is 76.5 cm³/mol. The molecule has 0 aliphatic carbocycles. The first-order valence-corrected chi connectivity index (χ1v) is 7.00. The zero-order chi connectivity index (χ0) is 13.1. The maximum absolute atomic E-state index is 4.77. The molecule has 2 rings (SSSR count). The molecule has 0 radical (unpaired) electrons. The third-order valence-electron chi connectivity index (χ3n) is 3.40. The van der Waals surface area contributed by atoms with Gasteiger partial charge in [0.2, 0.25) is 0 Å². The molecule has 1 aromatic rings. The number of rotatable bonds is 4. The van der Waals surface area contributed by atoms with E-state index in [1.807, 2.05) is 0 Å². The van der Waals surface area contributed by atoms with Crippen LogP contribution in [-0.4, -0.2) is 29.6 Å². The molecule has 1 aromatic heterocycles. The summed E-state index contributed by atoms with van der Waals surface area (Å²) in [4.78, 5) is 11.8. The molecule has 1 saturated heterocycles. The van der Waals surface area contributed by atoms with Gasteiger partial charge >= 0.3 is 0 Å². The fourth-order valence-electron chi connectivity index (χ4n) is 2.36. The van der Waals surface area contributed by atoms with Gasteiger partial charge in [-0.2, -0.15) is 0 Å². The van der Waals surface area contributed by atoms with Gasteiger partial charge in [-0.15, -0.1) is 0 Å². The zero-order valence-electron chi connectivity index (χ0n) is 12.0. The van der Waals surface area contributed by atoms with E-state index in [2.05, 4.69) is 42.9 Å². The van der Waals surface area contributed by atoms with Crippen LogP contribution in [0.1, 0.15) is 50.9 Å². The second-order valence-corrected chi connectivity index (χ2v) is 5.26. The molecule has 100 valence electrons. The van der Waals surface area contributed by atoms with Gasteiger partial charge in [0.15, 0.2) is 0 Å². The number of hydrogen-bond donors (Lipinski definition) is 1. The van der Waals surface area contributed by atoms with Crippen molar-refractivity contribution in [1.82, 2.24) is 9.97 Å². The molecule has 0 amide bonds. The minimum absolute atomic E-state index is 0.365. The molecule has 0 aromatic carbocycles. The van der Waals surface area contributed by atoms with Gasteiger partial charge in [-0.3, -0.25) is 0 Å². The molecule has 1 fully saturated rings. The monoisotopic (exact) mass is 248 g/mol. The Hall–Kier alpha value is -1.32. The van der Waals surface area contributed by atoms with E-state index in [1.165, 1.54) is 18.4 Å². The molecule has 0 saturated carbocycles. The Morgan fingerprint density at radius 1 is 1.22 bits per heavy atom. The van der Waals surface area contributed by atoms with Crippen molar-refractivity contribution >= 4 is 11.6 Å². The summed E-state index contributed by atoms with van der Waals surface area (Å²) in [5, 5.41) is 3.36. The SMILES string of the molecule is CCNc1nc(C(C)C)nc(N2CCCC2)c1C. The van der Waals surface area contributed by atoms with Crippen LogP contribution in [0.15, 0.2) is 0 Å². The molecule has 1 aliphatic heterocycles. The average molecular weight is 248 g/mol. The summed E-state index contributed by atoms with van der Waals surface area (Å²) in [6, 6.07) is 0. The highest BCUT2D eigenvalue weighted by Crippen LogP contribution is 2.28. The number of aromatic nitrogens is 2. The van der Waals surface area contributed by atoms with E-state index in [0.717, 1.165) is 37.1 Å². The van der Waals surface area contributed by atoms with Crippen molar-refractivity contribution in [3.63, 3.8) is 0 Å². The van der Waals surface area contributed by atoms with Gasteiger partial charge in [-0.05, 0) is 26.7 Å². The largest absolute Gasteiger partial charge is 0.370 e. The Morgan fingerprint density at radius 3 is 2.44 bits per heavy atom. The van der Waals surface area contributed by atoms with Crippen molar-refractivity contribution in [3.8, 4) is 0 Å². The molecule has 4 heteroatoms. The highest BCUT2D eigenvalue weighted by molar-refractivity contribution is 5.59. The van der Waals surface area contributed by atoms with Gasteiger partial charge < -0.3 is 10.2 Å². The van der Waals surface area contributed by atoms with Crippen LogP contribution in [0.4, 0.5) is 11.6 Å². The van der Waals surface area contributed by atoms with Crippen LogP contribution in [0, 0.1) is 6.92 Å². The Labute approximate surface area is 110 Å². The Bertz CT molecular complexity index is 409. The Kier molecular flexibility index (Phi) is 4.04. The van der Waals surface area contributed by atoms with Crippen LogP contribution in [0.5, 0.6) is 0 Å². The standard InChI is InChI=1S/C14H24N4/c1-5-15-13-11(4)14(18-8-6-7-9-18)17-12(16-13)10(2)3/h10H,5-9H2,1-4H3,(H,15,16,17). The fraction of sp³-hybridized carbons (Fsp3) is 0.714. The summed E-state index contributed by atoms with van der Waals surface area (Å²) in [6.45, 7) is 11.7. The van der Waals surface area contributed by atoms with E-state index in [-0.39, 0.29) is 0 Å². The predicted octanol–water partition coefficient (Wildman–Crippen LogP) is 2.94. The van der Waals surface area contributed by atoms with Crippen LogP contribution >= 0.6 is 0 Å². The minimum Gasteiger partial charge on any atom is -0.370 e. The summed E-state index contributed by atoms with van der Waals surface area (Å²) in [5.74, 6) is 3.43. The second kappa shape index (κ2) is 5.55. The quantitative estimate of drug-likeness (QED) is 0.889. The number of nitrogens with zero attached hydrogens (tertiary/aromatic N) is 3. The topological polar surface area (TPSA) is 41.1 Å². The number of hydrogen-bond acceptors (Lipinski definition) is 4. The molecule has 1 N–H and O–H groups in total. The molecule has 2 heterocycles. The van der Waals surface area contributed by atoms with E-state index in [9.17, 15) is 0 Å². The van der Waals surface area contributed by atoms with Crippen LogP contribution < -0.4 is 10.2 Å². The molecule has 0 atom stereocenters. The van der Waals surface area contributed by atoms with Crippen LogP contribution in [-0.2, 0) is 0 Å². The molecular weight excluding hydrogens is 224 g/mol. The Morgan fingerprint density at radius 2 is 1.89 bits per heavy atom.